The highest BCUT2D eigenvalue weighted by Gasteiger charge is 2.42. The smallest absolute Gasteiger partial charge is 0.0249 e. The number of benzene rings is 1. The summed E-state index contributed by atoms with van der Waals surface area (Å²) in [6.07, 6.45) is 2.70. The topological polar surface area (TPSA) is 15.3 Å². The summed E-state index contributed by atoms with van der Waals surface area (Å²) in [5.74, 6) is 0. The molecule has 1 N–H and O–H groups in total. The van der Waals surface area contributed by atoms with Crippen LogP contribution in [0.25, 0.3) is 0 Å². The number of likely N-dealkylation sites (tertiary alicyclic amines) is 1. The lowest BCUT2D eigenvalue weighted by atomic mass is 9.76. The molecule has 2 aliphatic heterocycles. The third-order valence-corrected chi connectivity index (χ3v) is 4.62. The Kier molecular flexibility index (Phi) is 2.93. The first-order valence-corrected chi connectivity index (χ1v) is 6.76. The van der Waals surface area contributed by atoms with Crippen molar-refractivity contribution in [2.24, 2.45) is 5.41 Å². The summed E-state index contributed by atoms with van der Waals surface area (Å²) in [6, 6.07) is 11.5. The Hall–Kier alpha value is -0.860. The summed E-state index contributed by atoms with van der Waals surface area (Å²) in [6.45, 7) is 7.24. The fourth-order valence-corrected chi connectivity index (χ4v) is 3.28. The number of piperidine rings is 1. The molecule has 2 heterocycles. The van der Waals surface area contributed by atoms with Gasteiger partial charge in [0.1, 0.15) is 0 Å². The Morgan fingerprint density at radius 2 is 2.12 bits per heavy atom. The summed E-state index contributed by atoms with van der Waals surface area (Å²) >= 11 is 0. The van der Waals surface area contributed by atoms with Crippen molar-refractivity contribution < 1.29 is 0 Å². The second-order valence-corrected chi connectivity index (χ2v) is 5.88. The van der Waals surface area contributed by atoms with Crippen LogP contribution in [-0.4, -0.2) is 30.6 Å². The molecule has 0 aromatic heterocycles. The van der Waals surface area contributed by atoms with Crippen LogP contribution in [0, 0.1) is 5.41 Å². The molecule has 3 rings (SSSR count). The molecule has 17 heavy (non-hydrogen) atoms. The summed E-state index contributed by atoms with van der Waals surface area (Å²) in [5, 5.41) is 3.67. The average molecular weight is 230 g/mol. The average Bonchev–Trinajstić information content (AvgIpc) is 2.72. The SMILES string of the molecule is C[C@]12CCN[C@H]1CN(Cc1ccccc1)CC2. The first kappa shape index (κ1) is 11.2. The van der Waals surface area contributed by atoms with E-state index >= 15 is 0 Å². The fraction of sp³-hybridized carbons (Fsp3) is 0.600. The fourth-order valence-electron chi connectivity index (χ4n) is 3.28. The van der Waals surface area contributed by atoms with Crippen LogP contribution in [0.3, 0.4) is 0 Å². The highest BCUT2D eigenvalue weighted by atomic mass is 15.2. The van der Waals surface area contributed by atoms with E-state index < -0.39 is 0 Å². The lowest BCUT2D eigenvalue weighted by Crippen LogP contribution is -2.50. The first-order chi connectivity index (χ1) is 8.26. The Bertz CT molecular complexity index is 376. The van der Waals surface area contributed by atoms with Crippen molar-refractivity contribution in [3.63, 3.8) is 0 Å². The van der Waals surface area contributed by atoms with Crippen molar-refractivity contribution in [3.05, 3.63) is 35.9 Å². The molecule has 2 saturated heterocycles. The summed E-state index contributed by atoms with van der Waals surface area (Å²) < 4.78 is 0. The molecule has 2 nitrogen and oxygen atoms in total. The van der Waals surface area contributed by atoms with Crippen molar-refractivity contribution in [1.29, 1.82) is 0 Å². The first-order valence-electron chi connectivity index (χ1n) is 6.76. The van der Waals surface area contributed by atoms with Gasteiger partial charge in [0.15, 0.2) is 0 Å². The van der Waals surface area contributed by atoms with E-state index in [0.717, 1.165) is 6.54 Å². The van der Waals surface area contributed by atoms with Gasteiger partial charge in [-0.05, 0) is 36.9 Å². The third-order valence-electron chi connectivity index (χ3n) is 4.62. The molecule has 2 fully saturated rings. The van der Waals surface area contributed by atoms with E-state index in [1.807, 2.05) is 0 Å². The van der Waals surface area contributed by atoms with E-state index in [1.54, 1.807) is 0 Å². The molecule has 1 aromatic carbocycles. The van der Waals surface area contributed by atoms with Gasteiger partial charge in [0, 0.05) is 19.1 Å². The number of fused-ring (bicyclic) bond motifs is 1. The number of nitrogens with one attached hydrogen (secondary N) is 1. The summed E-state index contributed by atoms with van der Waals surface area (Å²) in [4.78, 5) is 2.60. The normalized spacial score (nSPS) is 33.6. The highest BCUT2D eigenvalue weighted by molar-refractivity contribution is 5.15. The van der Waals surface area contributed by atoms with Crippen LogP contribution in [0.4, 0.5) is 0 Å². The molecule has 0 bridgehead atoms. The Morgan fingerprint density at radius 1 is 1.29 bits per heavy atom. The Morgan fingerprint density at radius 3 is 2.94 bits per heavy atom. The molecular formula is C15H22N2. The van der Waals surface area contributed by atoms with Crippen LogP contribution in [0.1, 0.15) is 25.3 Å². The van der Waals surface area contributed by atoms with Crippen LogP contribution in [-0.2, 0) is 6.54 Å². The minimum atomic E-state index is 0.563. The number of rotatable bonds is 2. The van der Waals surface area contributed by atoms with Crippen molar-refractivity contribution in [1.82, 2.24) is 10.2 Å². The van der Waals surface area contributed by atoms with Gasteiger partial charge in [-0.15, -0.1) is 0 Å². The lowest BCUT2D eigenvalue weighted by Gasteiger charge is -2.41. The van der Waals surface area contributed by atoms with Crippen LogP contribution < -0.4 is 5.32 Å². The van der Waals surface area contributed by atoms with E-state index in [2.05, 4.69) is 47.5 Å². The zero-order valence-corrected chi connectivity index (χ0v) is 10.7. The lowest BCUT2D eigenvalue weighted by molar-refractivity contribution is 0.0983. The van der Waals surface area contributed by atoms with Crippen LogP contribution in [0.15, 0.2) is 30.3 Å². The third kappa shape index (κ3) is 2.24. The standard InChI is InChI=1S/C15H22N2/c1-15-7-9-16-14(15)12-17(10-8-15)11-13-5-3-2-4-6-13/h2-6,14,16H,7-12H2,1H3/t14-,15+/m0/s1. The quantitative estimate of drug-likeness (QED) is 0.838. The van der Waals surface area contributed by atoms with E-state index in [0.29, 0.717) is 11.5 Å². The van der Waals surface area contributed by atoms with Gasteiger partial charge >= 0.3 is 0 Å². The zero-order chi connectivity index (χ0) is 11.7. The van der Waals surface area contributed by atoms with Gasteiger partial charge in [0.05, 0.1) is 0 Å². The molecule has 1 aromatic rings. The number of hydrogen-bond acceptors (Lipinski definition) is 2. The molecule has 0 aliphatic carbocycles. The molecule has 0 radical (unpaired) electrons. The van der Waals surface area contributed by atoms with Gasteiger partial charge in [0.25, 0.3) is 0 Å². The Balaban J connectivity index is 1.64. The van der Waals surface area contributed by atoms with Crippen molar-refractivity contribution in [2.75, 3.05) is 19.6 Å². The van der Waals surface area contributed by atoms with E-state index in [4.69, 9.17) is 0 Å². The molecular weight excluding hydrogens is 208 g/mol. The monoisotopic (exact) mass is 230 g/mol. The molecule has 0 amide bonds. The number of hydrogen-bond donors (Lipinski definition) is 1. The summed E-state index contributed by atoms with van der Waals surface area (Å²) in [7, 11) is 0. The van der Waals surface area contributed by atoms with Crippen LogP contribution in [0.5, 0.6) is 0 Å². The van der Waals surface area contributed by atoms with Crippen LogP contribution >= 0.6 is 0 Å². The predicted molar refractivity (Wildman–Crippen MR) is 70.9 cm³/mol. The minimum absolute atomic E-state index is 0.563. The van der Waals surface area contributed by atoms with Gasteiger partial charge < -0.3 is 5.32 Å². The second-order valence-electron chi connectivity index (χ2n) is 5.88. The Labute approximate surface area is 104 Å². The van der Waals surface area contributed by atoms with Gasteiger partial charge in [-0.25, -0.2) is 0 Å². The van der Waals surface area contributed by atoms with E-state index in [-0.39, 0.29) is 0 Å². The van der Waals surface area contributed by atoms with E-state index in [1.165, 1.54) is 38.0 Å². The number of nitrogens with zero attached hydrogens (tertiary/aromatic N) is 1. The predicted octanol–water partition coefficient (Wildman–Crippen LogP) is 2.26. The van der Waals surface area contributed by atoms with Crippen molar-refractivity contribution in [2.45, 2.75) is 32.4 Å². The molecule has 0 spiro atoms. The van der Waals surface area contributed by atoms with Gasteiger partial charge in [0.2, 0.25) is 0 Å². The summed E-state index contributed by atoms with van der Waals surface area (Å²) in [5.41, 5.74) is 2.00. The minimum Gasteiger partial charge on any atom is -0.312 e. The van der Waals surface area contributed by atoms with Crippen molar-refractivity contribution >= 4 is 0 Å². The van der Waals surface area contributed by atoms with Crippen molar-refractivity contribution in [3.8, 4) is 0 Å². The maximum atomic E-state index is 3.67. The molecule has 2 atom stereocenters. The van der Waals surface area contributed by atoms with Gasteiger partial charge in [-0.3, -0.25) is 4.90 Å². The largest absolute Gasteiger partial charge is 0.312 e. The highest BCUT2D eigenvalue weighted by Crippen LogP contribution is 2.38. The molecule has 0 saturated carbocycles. The molecule has 2 heteroatoms. The molecule has 2 aliphatic rings. The van der Waals surface area contributed by atoms with Crippen LogP contribution in [0.2, 0.25) is 0 Å². The maximum Gasteiger partial charge on any atom is 0.0249 e. The maximum absolute atomic E-state index is 3.67. The molecule has 0 unspecified atom stereocenters. The van der Waals surface area contributed by atoms with Gasteiger partial charge in [-0.1, -0.05) is 37.3 Å². The van der Waals surface area contributed by atoms with E-state index in [9.17, 15) is 0 Å². The molecule has 92 valence electrons. The second kappa shape index (κ2) is 4.43. The zero-order valence-electron chi connectivity index (χ0n) is 10.7. The van der Waals surface area contributed by atoms with Gasteiger partial charge in [-0.2, -0.15) is 0 Å².